The van der Waals surface area contributed by atoms with E-state index >= 15 is 0 Å². The van der Waals surface area contributed by atoms with Crippen molar-refractivity contribution in [1.82, 2.24) is 5.43 Å². The maximum atomic E-state index is 11.1. The second-order valence-corrected chi connectivity index (χ2v) is 4.57. The van der Waals surface area contributed by atoms with E-state index in [1.54, 1.807) is 55.5 Å². The summed E-state index contributed by atoms with van der Waals surface area (Å²) in [5.41, 5.74) is 3.96. The van der Waals surface area contributed by atoms with Crippen molar-refractivity contribution in [3.63, 3.8) is 0 Å². The number of rotatable bonds is 3. The fraction of sp³-hybridized carbons (Fsp3) is 0.111. The maximum absolute atomic E-state index is 11.1. The van der Waals surface area contributed by atoms with Gasteiger partial charge in [-0.1, -0.05) is 0 Å². The molecule has 0 saturated heterocycles. The lowest BCUT2D eigenvalue weighted by molar-refractivity contribution is 0.0526. The van der Waals surface area contributed by atoms with Crippen LogP contribution >= 0.6 is 0 Å². The van der Waals surface area contributed by atoms with E-state index < -0.39 is 0 Å². The van der Waals surface area contributed by atoms with Crippen LogP contribution in [0, 0.1) is 22.7 Å². The first-order chi connectivity index (χ1) is 12.0. The molecule has 1 amide bonds. The number of hydrogen-bond donors (Lipinski definition) is 2. The van der Waals surface area contributed by atoms with Crippen LogP contribution in [0.5, 0.6) is 0 Å². The van der Waals surface area contributed by atoms with E-state index in [2.05, 4.69) is 0 Å². The summed E-state index contributed by atoms with van der Waals surface area (Å²) in [6, 6.07) is 16.5. The van der Waals surface area contributed by atoms with Crippen LogP contribution in [0.15, 0.2) is 48.5 Å². The van der Waals surface area contributed by atoms with Crippen LogP contribution in [-0.4, -0.2) is 18.5 Å². The first-order valence-corrected chi connectivity index (χ1v) is 7.24. The number of hydrogen-bond acceptors (Lipinski definition) is 6. The largest absolute Gasteiger partial charge is 0.462 e. The van der Waals surface area contributed by atoms with Gasteiger partial charge in [-0.15, -0.1) is 0 Å². The van der Waals surface area contributed by atoms with Crippen LogP contribution in [0.1, 0.15) is 38.8 Å². The Bertz CT molecular complexity index is 800. The van der Waals surface area contributed by atoms with Crippen LogP contribution in [-0.2, 0) is 4.74 Å². The van der Waals surface area contributed by atoms with Gasteiger partial charge in [0.25, 0.3) is 5.91 Å². The standard InChI is InChI=1S/C10H9NO2.C8H7N3O/c1-2-13-10(12)9-5-3-8(7-11)4-6-9;9-5-6-1-3-7(4-2-6)8(12)11-10/h3-6H,2H2,1H3;1-4H,10H2,(H,11,12). The third-order valence-electron chi connectivity index (χ3n) is 2.93. The fourth-order valence-corrected chi connectivity index (χ4v) is 1.67. The molecule has 0 atom stereocenters. The summed E-state index contributed by atoms with van der Waals surface area (Å²) in [5.74, 6) is 4.19. The summed E-state index contributed by atoms with van der Waals surface area (Å²) in [6.07, 6.45) is 0. The number of amides is 1. The zero-order valence-corrected chi connectivity index (χ0v) is 13.5. The number of nitrogens with zero attached hydrogens (tertiary/aromatic N) is 2. The minimum Gasteiger partial charge on any atom is -0.462 e. The number of esters is 1. The molecule has 2 aromatic rings. The number of nitrogen functional groups attached to an aromatic ring is 1. The number of hydrazine groups is 1. The molecule has 0 saturated carbocycles. The molecule has 0 aliphatic heterocycles. The molecule has 0 aliphatic rings. The number of benzene rings is 2. The monoisotopic (exact) mass is 336 g/mol. The highest BCUT2D eigenvalue weighted by Gasteiger charge is 2.04. The molecular formula is C18H16N4O3. The average molecular weight is 336 g/mol. The van der Waals surface area contributed by atoms with E-state index in [1.165, 1.54) is 0 Å². The van der Waals surface area contributed by atoms with E-state index in [-0.39, 0.29) is 11.9 Å². The Kier molecular flexibility index (Phi) is 7.87. The van der Waals surface area contributed by atoms with E-state index in [1.807, 2.05) is 17.6 Å². The van der Waals surface area contributed by atoms with Gasteiger partial charge in [0, 0.05) is 5.56 Å². The highest BCUT2D eigenvalue weighted by atomic mass is 16.5. The summed E-state index contributed by atoms with van der Waals surface area (Å²) in [6.45, 7) is 2.11. The average Bonchev–Trinajstić information content (AvgIpc) is 2.68. The molecule has 0 unspecified atom stereocenters. The third kappa shape index (κ3) is 6.14. The van der Waals surface area contributed by atoms with Gasteiger partial charge in [0.15, 0.2) is 0 Å². The van der Waals surface area contributed by atoms with E-state index in [4.69, 9.17) is 21.1 Å². The number of nitriles is 2. The Morgan fingerprint density at radius 1 is 0.960 bits per heavy atom. The molecule has 0 heterocycles. The van der Waals surface area contributed by atoms with Crippen molar-refractivity contribution in [1.29, 1.82) is 10.5 Å². The minimum absolute atomic E-state index is 0.355. The molecule has 0 fully saturated rings. The number of nitrogens with two attached hydrogens (primary N) is 1. The highest BCUT2D eigenvalue weighted by molar-refractivity contribution is 5.93. The number of carbonyl (C=O) groups excluding carboxylic acids is 2. The Hall–Kier alpha value is -3.68. The number of ether oxygens (including phenoxy) is 1. The van der Waals surface area contributed by atoms with Crippen molar-refractivity contribution in [2.45, 2.75) is 6.92 Å². The van der Waals surface area contributed by atoms with Gasteiger partial charge in [0.1, 0.15) is 0 Å². The van der Waals surface area contributed by atoms with Gasteiger partial charge >= 0.3 is 5.97 Å². The van der Waals surface area contributed by atoms with Gasteiger partial charge in [-0.25, -0.2) is 10.6 Å². The van der Waals surface area contributed by atoms with Gasteiger partial charge in [0.2, 0.25) is 0 Å². The van der Waals surface area contributed by atoms with E-state index in [9.17, 15) is 9.59 Å². The van der Waals surface area contributed by atoms with Crippen LogP contribution in [0.2, 0.25) is 0 Å². The molecule has 3 N–H and O–H groups in total. The number of carbonyl (C=O) groups is 2. The zero-order chi connectivity index (χ0) is 18.7. The topological polar surface area (TPSA) is 129 Å². The van der Waals surface area contributed by atoms with Crippen molar-refractivity contribution < 1.29 is 14.3 Å². The molecule has 0 aromatic heterocycles. The van der Waals surface area contributed by atoms with Gasteiger partial charge in [0.05, 0.1) is 35.4 Å². The maximum Gasteiger partial charge on any atom is 0.338 e. The normalized spacial score (nSPS) is 8.80. The van der Waals surface area contributed by atoms with Crippen molar-refractivity contribution >= 4 is 11.9 Å². The first-order valence-electron chi connectivity index (χ1n) is 7.24. The van der Waals surface area contributed by atoms with Crippen molar-refractivity contribution in [3.8, 4) is 12.1 Å². The fourth-order valence-electron chi connectivity index (χ4n) is 1.67. The van der Waals surface area contributed by atoms with Gasteiger partial charge in [-0.05, 0) is 55.5 Å². The summed E-state index contributed by atoms with van der Waals surface area (Å²) >= 11 is 0. The molecule has 0 radical (unpaired) electrons. The Balaban J connectivity index is 0.000000251. The van der Waals surface area contributed by atoms with Crippen molar-refractivity contribution in [2.75, 3.05) is 6.61 Å². The van der Waals surface area contributed by atoms with Crippen LogP contribution in [0.3, 0.4) is 0 Å². The Labute approximate surface area is 145 Å². The SMILES string of the molecule is CCOC(=O)c1ccc(C#N)cc1.N#Cc1ccc(C(=O)NN)cc1. The van der Waals surface area contributed by atoms with Crippen molar-refractivity contribution in [3.05, 3.63) is 70.8 Å². The smallest absolute Gasteiger partial charge is 0.338 e. The quantitative estimate of drug-likeness (QED) is 0.381. The first kappa shape index (κ1) is 19.4. The minimum atomic E-state index is -0.362. The molecule has 25 heavy (non-hydrogen) atoms. The van der Waals surface area contributed by atoms with Crippen molar-refractivity contribution in [2.24, 2.45) is 5.84 Å². The molecule has 7 nitrogen and oxygen atoms in total. The molecule has 2 rings (SSSR count). The molecule has 126 valence electrons. The number of nitrogens with one attached hydrogen (secondary N) is 1. The molecule has 2 aromatic carbocycles. The van der Waals surface area contributed by atoms with Gasteiger partial charge in [-0.2, -0.15) is 10.5 Å². The molecule has 7 heteroatoms. The molecular weight excluding hydrogens is 320 g/mol. The van der Waals surface area contributed by atoms with Gasteiger partial charge < -0.3 is 4.74 Å². The van der Waals surface area contributed by atoms with E-state index in [0.29, 0.717) is 28.9 Å². The van der Waals surface area contributed by atoms with E-state index in [0.717, 1.165) is 0 Å². The molecule has 0 bridgehead atoms. The molecule has 0 aliphatic carbocycles. The lowest BCUT2D eigenvalue weighted by atomic mass is 10.1. The summed E-state index contributed by atoms with van der Waals surface area (Å²) in [7, 11) is 0. The van der Waals surface area contributed by atoms with Crippen LogP contribution in [0.4, 0.5) is 0 Å². The Morgan fingerprint density at radius 2 is 1.40 bits per heavy atom. The molecule has 0 spiro atoms. The van der Waals surface area contributed by atoms with Crippen LogP contribution < -0.4 is 11.3 Å². The third-order valence-corrected chi connectivity index (χ3v) is 2.93. The second-order valence-electron chi connectivity index (χ2n) is 4.57. The summed E-state index contributed by atoms with van der Waals surface area (Å²) in [5, 5.41) is 17.0. The van der Waals surface area contributed by atoms with Crippen LogP contribution in [0.25, 0.3) is 0 Å². The predicted octanol–water partition coefficient (Wildman–Crippen LogP) is 1.90. The lowest BCUT2D eigenvalue weighted by Crippen LogP contribution is -2.29. The summed E-state index contributed by atoms with van der Waals surface area (Å²) in [4.78, 5) is 22.0. The Morgan fingerprint density at radius 3 is 1.76 bits per heavy atom. The highest BCUT2D eigenvalue weighted by Crippen LogP contribution is 2.04. The lowest BCUT2D eigenvalue weighted by Gasteiger charge is -2.00. The van der Waals surface area contributed by atoms with Gasteiger partial charge in [-0.3, -0.25) is 10.2 Å². The predicted molar refractivity (Wildman–Crippen MR) is 89.9 cm³/mol. The summed E-state index contributed by atoms with van der Waals surface area (Å²) < 4.78 is 4.78. The zero-order valence-electron chi connectivity index (χ0n) is 13.5. The second kappa shape index (κ2) is 10.2.